The fraction of sp³-hybridized carbons (Fsp3) is 0.878. The molecule has 0 spiro atoms. The molecule has 0 bridgehead atoms. The highest BCUT2D eigenvalue weighted by molar-refractivity contribution is 5.76. The van der Waals surface area contributed by atoms with Gasteiger partial charge in [0.1, 0.15) is 6.10 Å². The lowest BCUT2D eigenvalue weighted by molar-refractivity contribution is -0.124. The molecule has 3 atom stereocenters. The lowest BCUT2D eigenvalue weighted by Gasteiger charge is -2.26. The van der Waals surface area contributed by atoms with E-state index in [2.05, 4.69) is 43.5 Å². The number of carbonyl (C=O) groups is 1. The molecule has 4 N–H and O–H groups in total. The Hall–Kier alpha value is -1.17. The number of carbonyl (C=O) groups excluding carboxylic acids is 1. The lowest BCUT2D eigenvalue weighted by atomic mass is 9.99. The summed E-state index contributed by atoms with van der Waals surface area (Å²) in [6, 6.07) is -0.812. The number of hydrogen-bond acceptors (Lipinski definition) is 4. The Morgan fingerprint density at radius 3 is 1.37 bits per heavy atom. The summed E-state index contributed by atoms with van der Waals surface area (Å²) in [5.74, 6) is -0.156. The molecule has 0 rings (SSSR count). The van der Waals surface area contributed by atoms with E-state index < -0.39 is 18.2 Å². The van der Waals surface area contributed by atoms with Crippen molar-refractivity contribution in [3.05, 3.63) is 24.3 Å². The fourth-order valence-electron chi connectivity index (χ4n) is 6.15. The normalized spacial score (nSPS) is 13.9. The maximum absolute atomic E-state index is 12.4. The molecule has 5 nitrogen and oxygen atoms in total. The second-order valence-electron chi connectivity index (χ2n) is 13.9. The Kier molecular flexibility index (Phi) is 35.7. The summed E-state index contributed by atoms with van der Waals surface area (Å²) in [4.78, 5) is 12.4. The van der Waals surface area contributed by atoms with Gasteiger partial charge in [-0.1, -0.05) is 186 Å². The third kappa shape index (κ3) is 31.4. The van der Waals surface area contributed by atoms with Crippen LogP contribution in [0.2, 0.25) is 0 Å². The van der Waals surface area contributed by atoms with Gasteiger partial charge < -0.3 is 20.6 Å². The predicted octanol–water partition coefficient (Wildman–Crippen LogP) is 11.0. The summed E-state index contributed by atoms with van der Waals surface area (Å²) in [6.45, 7) is 4.14. The minimum absolute atomic E-state index is 0.156. The van der Waals surface area contributed by atoms with Crippen LogP contribution in [0, 0.1) is 0 Å². The fourth-order valence-corrected chi connectivity index (χ4v) is 6.15. The molecular weight excluding hydrogens is 570 g/mol. The Bertz CT molecular complexity index is 679. The average molecular weight is 650 g/mol. The number of nitrogens with one attached hydrogen (secondary N) is 1. The van der Waals surface area contributed by atoms with Crippen molar-refractivity contribution in [2.24, 2.45) is 0 Å². The number of amides is 1. The minimum Gasteiger partial charge on any atom is -0.394 e. The van der Waals surface area contributed by atoms with Gasteiger partial charge in [0.05, 0.1) is 18.8 Å². The van der Waals surface area contributed by atoms with E-state index in [1.807, 2.05) is 0 Å². The highest BCUT2D eigenvalue weighted by Gasteiger charge is 2.26. The molecule has 46 heavy (non-hydrogen) atoms. The summed E-state index contributed by atoms with van der Waals surface area (Å²) < 4.78 is 0. The molecule has 0 aliphatic rings. The van der Waals surface area contributed by atoms with Gasteiger partial charge in [-0.15, -0.1) is 0 Å². The molecule has 0 aliphatic carbocycles. The minimum atomic E-state index is -1.14. The van der Waals surface area contributed by atoms with Crippen molar-refractivity contribution in [1.29, 1.82) is 0 Å². The number of aliphatic hydroxyl groups excluding tert-OH is 3. The van der Waals surface area contributed by atoms with Crippen LogP contribution >= 0.6 is 0 Å². The number of aliphatic hydroxyl groups is 3. The van der Waals surface area contributed by atoms with E-state index in [1.54, 1.807) is 0 Å². The number of allylic oxidation sites excluding steroid dienone is 4. The topological polar surface area (TPSA) is 89.8 Å². The second kappa shape index (κ2) is 36.7. The van der Waals surface area contributed by atoms with Crippen LogP contribution in [0.5, 0.6) is 0 Å². The maximum Gasteiger partial charge on any atom is 0.220 e. The van der Waals surface area contributed by atoms with Gasteiger partial charge in [0.2, 0.25) is 5.91 Å². The molecule has 0 radical (unpaired) electrons. The first-order valence-corrected chi connectivity index (χ1v) is 20.1. The van der Waals surface area contributed by atoms with Crippen molar-refractivity contribution < 1.29 is 20.1 Å². The van der Waals surface area contributed by atoms with Crippen LogP contribution in [-0.2, 0) is 4.79 Å². The quantitative estimate of drug-likeness (QED) is 0.0401. The van der Waals surface area contributed by atoms with Crippen LogP contribution in [-0.4, -0.2) is 46.1 Å². The maximum atomic E-state index is 12.4. The molecule has 1 amide bonds. The van der Waals surface area contributed by atoms with Crippen LogP contribution in [0.1, 0.15) is 206 Å². The molecule has 0 saturated heterocycles. The Morgan fingerprint density at radius 1 is 0.543 bits per heavy atom. The first kappa shape index (κ1) is 44.8. The van der Waals surface area contributed by atoms with Crippen molar-refractivity contribution in [3.8, 4) is 0 Å². The van der Waals surface area contributed by atoms with Crippen LogP contribution in [0.3, 0.4) is 0 Å². The lowest BCUT2D eigenvalue weighted by Crippen LogP contribution is -2.50. The van der Waals surface area contributed by atoms with Gasteiger partial charge in [-0.05, 0) is 38.5 Å². The monoisotopic (exact) mass is 650 g/mol. The van der Waals surface area contributed by atoms with E-state index in [1.165, 1.54) is 135 Å². The molecule has 0 saturated carbocycles. The van der Waals surface area contributed by atoms with E-state index in [0.29, 0.717) is 12.8 Å². The zero-order valence-electron chi connectivity index (χ0n) is 30.7. The molecule has 0 aromatic carbocycles. The van der Waals surface area contributed by atoms with Crippen molar-refractivity contribution in [3.63, 3.8) is 0 Å². The van der Waals surface area contributed by atoms with Crippen LogP contribution < -0.4 is 5.32 Å². The average Bonchev–Trinajstić information content (AvgIpc) is 3.06. The van der Waals surface area contributed by atoms with Gasteiger partial charge in [-0.3, -0.25) is 4.79 Å². The highest BCUT2D eigenvalue weighted by atomic mass is 16.3. The first-order chi connectivity index (χ1) is 22.6. The SMILES string of the molecule is CCCCC/C=C\C=C/CCCCCCCCC(=O)NC(CO)C(O)C(O)CCCCCCCCCCCCCCCCCCC. The first-order valence-electron chi connectivity index (χ1n) is 20.1. The Labute approximate surface area is 286 Å². The third-order valence-electron chi connectivity index (χ3n) is 9.34. The predicted molar refractivity (Wildman–Crippen MR) is 199 cm³/mol. The highest BCUT2D eigenvalue weighted by Crippen LogP contribution is 2.16. The summed E-state index contributed by atoms with van der Waals surface area (Å²) >= 11 is 0. The third-order valence-corrected chi connectivity index (χ3v) is 9.34. The van der Waals surface area contributed by atoms with Gasteiger partial charge >= 0.3 is 0 Å². The molecule has 272 valence electrons. The van der Waals surface area contributed by atoms with Crippen molar-refractivity contribution in [2.45, 2.75) is 225 Å². The Balaban J connectivity index is 3.67. The number of hydrogen-bond donors (Lipinski definition) is 4. The van der Waals surface area contributed by atoms with Gasteiger partial charge in [0.25, 0.3) is 0 Å². The van der Waals surface area contributed by atoms with Gasteiger partial charge in [-0.2, -0.15) is 0 Å². The molecule has 0 aliphatic heterocycles. The summed E-state index contributed by atoms with van der Waals surface area (Å²) in [5.41, 5.74) is 0. The van der Waals surface area contributed by atoms with Crippen LogP contribution in [0.15, 0.2) is 24.3 Å². The van der Waals surface area contributed by atoms with Gasteiger partial charge in [0, 0.05) is 6.42 Å². The van der Waals surface area contributed by atoms with Gasteiger partial charge in [0.15, 0.2) is 0 Å². The van der Waals surface area contributed by atoms with E-state index in [4.69, 9.17) is 0 Å². The summed E-state index contributed by atoms with van der Waals surface area (Å²) in [6.07, 6.45) is 42.7. The second-order valence-corrected chi connectivity index (χ2v) is 13.9. The van der Waals surface area contributed by atoms with Crippen molar-refractivity contribution >= 4 is 5.91 Å². The zero-order chi connectivity index (χ0) is 33.8. The molecule has 5 heteroatoms. The summed E-state index contributed by atoms with van der Waals surface area (Å²) in [7, 11) is 0. The molecular formula is C41H79NO4. The smallest absolute Gasteiger partial charge is 0.220 e. The number of unbranched alkanes of at least 4 members (excludes halogenated alkanes) is 25. The van der Waals surface area contributed by atoms with Crippen molar-refractivity contribution in [2.75, 3.05) is 6.61 Å². The van der Waals surface area contributed by atoms with Crippen LogP contribution in [0.4, 0.5) is 0 Å². The largest absolute Gasteiger partial charge is 0.394 e. The van der Waals surface area contributed by atoms with Gasteiger partial charge in [-0.25, -0.2) is 0 Å². The Morgan fingerprint density at radius 2 is 0.913 bits per heavy atom. The standard InChI is InChI=1S/C41H79NO4/c1-3-5-7-9-11-13-15-17-19-20-22-23-25-27-29-31-33-35-39(44)41(46)38(37-43)42-40(45)36-34-32-30-28-26-24-21-18-16-14-12-10-8-6-4-2/h12,14,16,18,38-39,41,43-44,46H,3-11,13,15,17,19-37H2,1-2H3,(H,42,45)/b14-12-,18-16-. The van der Waals surface area contributed by atoms with E-state index in [0.717, 1.165) is 44.9 Å². The molecule has 0 fully saturated rings. The van der Waals surface area contributed by atoms with E-state index in [9.17, 15) is 20.1 Å². The molecule has 0 aromatic heterocycles. The van der Waals surface area contributed by atoms with E-state index >= 15 is 0 Å². The molecule has 0 heterocycles. The van der Waals surface area contributed by atoms with Crippen LogP contribution in [0.25, 0.3) is 0 Å². The van der Waals surface area contributed by atoms with Crippen molar-refractivity contribution in [1.82, 2.24) is 5.32 Å². The summed E-state index contributed by atoms with van der Waals surface area (Å²) in [5, 5.41) is 33.5. The van der Waals surface area contributed by atoms with E-state index in [-0.39, 0.29) is 12.5 Å². The molecule has 0 aromatic rings. The zero-order valence-corrected chi connectivity index (χ0v) is 30.7. The number of rotatable bonds is 36. The molecule has 3 unspecified atom stereocenters.